The van der Waals surface area contributed by atoms with Crippen molar-refractivity contribution in [1.29, 1.82) is 0 Å². The minimum absolute atomic E-state index is 0.0158. The van der Waals surface area contributed by atoms with Crippen molar-refractivity contribution < 1.29 is 12.8 Å². The number of sulfone groups is 1. The average Bonchev–Trinajstić information content (AvgIpc) is 2.08. The lowest BCUT2D eigenvalue weighted by atomic mass is 10.3. The van der Waals surface area contributed by atoms with Gasteiger partial charge in [0.2, 0.25) is 0 Å². The van der Waals surface area contributed by atoms with Crippen molar-refractivity contribution in [3.63, 3.8) is 0 Å². The Bertz CT molecular complexity index is 486. The maximum Gasteiger partial charge on any atom is 0.182 e. The van der Waals surface area contributed by atoms with Crippen LogP contribution in [0.4, 0.5) is 10.1 Å². The summed E-state index contributed by atoms with van der Waals surface area (Å²) in [5, 5.41) is 2.64. The van der Waals surface area contributed by atoms with E-state index < -0.39 is 15.7 Å². The zero-order valence-electron chi connectivity index (χ0n) is 7.05. The molecule has 0 spiro atoms. The van der Waals surface area contributed by atoms with Gasteiger partial charge in [-0.3, -0.25) is 0 Å². The molecule has 14 heavy (non-hydrogen) atoms. The number of benzene rings is 1. The first-order valence-electron chi connectivity index (χ1n) is 3.96. The zero-order valence-corrected chi connectivity index (χ0v) is 8.62. The van der Waals surface area contributed by atoms with Crippen LogP contribution in [-0.4, -0.2) is 20.7 Å². The lowest BCUT2D eigenvalue weighted by Gasteiger charge is -2.18. The molecule has 1 N–H and O–H groups in total. The Morgan fingerprint density at radius 1 is 1.43 bits per heavy atom. The van der Waals surface area contributed by atoms with E-state index in [0.29, 0.717) is 6.54 Å². The second kappa shape index (κ2) is 3.10. The van der Waals surface area contributed by atoms with Gasteiger partial charge in [-0.15, -0.1) is 0 Å². The van der Waals surface area contributed by atoms with Gasteiger partial charge >= 0.3 is 0 Å². The Labute approximate surface area is 85.8 Å². The van der Waals surface area contributed by atoms with Crippen LogP contribution in [0.3, 0.4) is 0 Å². The minimum atomic E-state index is -3.29. The lowest BCUT2D eigenvalue weighted by molar-refractivity contribution is 0.593. The van der Waals surface area contributed by atoms with E-state index in [1.807, 2.05) is 0 Å². The third-order valence-electron chi connectivity index (χ3n) is 2.04. The molecule has 76 valence electrons. The Kier molecular flexibility index (Phi) is 2.16. The third kappa shape index (κ3) is 1.46. The monoisotopic (exact) mass is 235 g/mol. The van der Waals surface area contributed by atoms with Gasteiger partial charge in [0.25, 0.3) is 0 Å². The van der Waals surface area contributed by atoms with Gasteiger partial charge in [0.15, 0.2) is 9.84 Å². The molecule has 2 rings (SSSR count). The van der Waals surface area contributed by atoms with E-state index in [2.05, 4.69) is 5.32 Å². The maximum absolute atomic E-state index is 13.0. The molecule has 1 aliphatic rings. The predicted molar refractivity (Wildman–Crippen MR) is 52.0 cm³/mol. The SMILES string of the molecule is O=S1(=O)CCNc2cc(F)c(Cl)cc21. The van der Waals surface area contributed by atoms with Gasteiger partial charge in [0.1, 0.15) is 5.82 Å². The van der Waals surface area contributed by atoms with Crippen LogP contribution < -0.4 is 5.32 Å². The highest BCUT2D eigenvalue weighted by molar-refractivity contribution is 7.91. The summed E-state index contributed by atoms with van der Waals surface area (Å²) in [6.45, 7) is 0.302. The van der Waals surface area contributed by atoms with Crippen molar-refractivity contribution >= 4 is 27.1 Å². The van der Waals surface area contributed by atoms with Gasteiger partial charge in [0, 0.05) is 6.54 Å². The molecule has 0 fully saturated rings. The van der Waals surface area contributed by atoms with Crippen LogP contribution in [0.2, 0.25) is 5.02 Å². The molecule has 0 aromatic heterocycles. The smallest absolute Gasteiger partial charge is 0.182 e. The maximum atomic E-state index is 13.0. The van der Waals surface area contributed by atoms with Gasteiger partial charge in [-0.05, 0) is 12.1 Å². The van der Waals surface area contributed by atoms with E-state index in [0.717, 1.165) is 12.1 Å². The highest BCUT2D eigenvalue weighted by Crippen LogP contribution is 2.30. The fourth-order valence-electron chi connectivity index (χ4n) is 1.35. The van der Waals surface area contributed by atoms with Crippen molar-refractivity contribution in [2.24, 2.45) is 0 Å². The van der Waals surface area contributed by atoms with Crippen molar-refractivity contribution in [2.45, 2.75) is 4.90 Å². The molecule has 0 bridgehead atoms. The summed E-state index contributed by atoms with van der Waals surface area (Å²) in [6.07, 6.45) is 0. The summed E-state index contributed by atoms with van der Waals surface area (Å²) in [7, 11) is -3.29. The van der Waals surface area contributed by atoms with Crippen molar-refractivity contribution in [3.05, 3.63) is 23.0 Å². The van der Waals surface area contributed by atoms with E-state index in [1.54, 1.807) is 0 Å². The van der Waals surface area contributed by atoms with Crippen LogP contribution in [0, 0.1) is 5.82 Å². The Balaban J connectivity index is 2.71. The fraction of sp³-hybridized carbons (Fsp3) is 0.250. The molecule has 0 amide bonds. The molecule has 1 aliphatic heterocycles. The molecule has 0 aliphatic carbocycles. The van der Waals surface area contributed by atoms with Gasteiger partial charge in [-0.1, -0.05) is 11.6 Å². The summed E-state index contributed by atoms with van der Waals surface area (Å²) >= 11 is 5.51. The van der Waals surface area contributed by atoms with Gasteiger partial charge in [-0.2, -0.15) is 0 Å². The quantitative estimate of drug-likeness (QED) is 0.696. The van der Waals surface area contributed by atoms with Crippen LogP contribution in [-0.2, 0) is 9.84 Å². The second-order valence-electron chi connectivity index (χ2n) is 3.01. The first-order chi connectivity index (χ1) is 6.50. The summed E-state index contributed by atoms with van der Waals surface area (Å²) in [4.78, 5) is 0.0788. The molecule has 1 aromatic rings. The minimum Gasteiger partial charge on any atom is -0.383 e. The summed E-state index contributed by atoms with van der Waals surface area (Å²) < 4.78 is 36.0. The van der Waals surface area contributed by atoms with Crippen molar-refractivity contribution in [2.75, 3.05) is 17.6 Å². The molecule has 0 atom stereocenters. The number of hydrogen-bond donors (Lipinski definition) is 1. The number of halogens is 2. The topological polar surface area (TPSA) is 46.2 Å². The summed E-state index contributed by atoms with van der Waals surface area (Å²) in [6, 6.07) is 2.25. The fourth-order valence-corrected chi connectivity index (χ4v) is 2.94. The number of nitrogens with one attached hydrogen (secondary N) is 1. The third-order valence-corrected chi connectivity index (χ3v) is 4.08. The molecular formula is C8H7ClFNO2S. The summed E-state index contributed by atoms with van der Waals surface area (Å²) in [5.74, 6) is -0.600. The Hall–Kier alpha value is -0.810. The van der Waals surface area contributed by atoms with E-state index >= 15 is 0 Å². The molecule has 0 saturated carbocycles. The molecule has 1 heterocycles. The van der Waals surface area contributed by atoms with Crippen LogP contribution in [0.1, 0.15) is 0 Å². The molecule has 0 saturated heterocycles. The van der Waals surface area contributed by atoms with E-state index in [4.69, 9.17) is 11.6 Å². The highest BCUT2D eigenvalue weighted by atomic mass is 35.5. The average molecular weight is 236 g/mol. The highest BCUT2D eigenvalue weighted by Gasteiger charge is 2.24. The van der Waals surface area contributed by atoms with Crippen molar-refractivity contribution in [1.82, 2.24) is 0 Å². The van der Waals surface area contributed by atoms with E-state index in [-0.39, 0.29) is 21.4 Å². The van der Waals surface area contributed by atoms with Crippen molar-refractivity contribution in [3.8, 4) is 0 Å². The summed E-state index contributed by atoms with van der Waals surface area (Å²) in [5.41, 5.74) is 0.290. The van der Waals surface area contributed by atoms with Gasteiger partial charge < -0.3 is 5.32 Å². The number of fused-ring (bicyclic) bond motifs is 1. The normalized spacial score (nSPS) is 18.4. The van der Waals surface area contributed by atoms with E-state index in [1.165, 1.54) is 0 Å². The number of hydrogen-bond acceptors (Lipinski definition) is 3. The molecule has 3 nitrogen and oxygen atoms in total. The first-order valence-corrected chi connectivity index (χ1v) is 5.99. The van der Waals surface area contributed by atoms with Gasteiger partial charge in [-0.25, -0.2) is 12.8 Å². The largest absolute Gasteiger partial charge is 0.383 e. The van der Waals surface area contributed by atoms with Crippen LogP contribution in [0.25, 0.3) is 0 Å². The lowest BCUT2D eigenvalue weighted by Crippen LogP contribution is -2.23. The molecule has 1 aromatic carbocycles. The van der Waals surface area contributed by atoms with Crippen LogP contribution >= 0.6 is 11.6 Å². The van der Waals surface area contributed by atoms with E-state index in [9.17, 15) is 12.8 Å². The molecular weight excluding hydrogens is 229 g/mol. The zero-order chi connectivity index (χ0) is 10.3. The Morgan fingerprint density at radius 3 is 2.86 bits per heavy atom. The molecule has 0 radical (unpaired) electrons. The van der Waals surface area contributed by atoms with Gasteiger partial charge in [0.05, 0.1) is 21.4 Å². The second-order valence-corrected chi connectivity index (χ2v) is 5.49. The predicted octanol–water partition coefficient (Wildman–Crippen LogP) is 1.68. The number of rotatable bonds is 0. The first kappa shape index (κ1) is 9.73. The number of anilines is 1. The molecule has 6 heteroatoms. The van der Waals surface area contributed by atoms with Crippen LogP contribution in [0.5, 0.6) is 0 Å². The molecule has 0 unspecified atom stereocenters. The Morgan fingerprint density at radius 2 is 2.14 bits per heavy atom. The standard InChI is InChI=1S/C8H7ClFNO2S/c9-5-3-8-7(4-6(5)10)11-1-2-14(8,12)13/h3-4,11H,1-2H2. The van der Waals surface area contributed by atoms with Crippen LogP contribution in [0.15, 0.2) is 17.0 Å².